The van der Waals surface area contributed by atoms with Gasteiger partial charge >= 0.3 is 0 Å². The van der Waals surface area contributed by atoms with E-state index >= 15 is 0 Å². The third-order valence-corrected chi connectivity index (χ3v) is 3.24. The lowest BCUT2D eigenvalue weighted by Gasteiger charge is -2.06. The molecule has 0 unspecified atom stereocenters. The van der Waals surface area contributed by atoms with Gasteiger partial charge in [0.1, 0.15) is 5.82 Å². The first kappa shape index (κ1) is 10.1. The van der Waals surface area contributed by atoms with Crippen LogP contribution in [0.4, 0.5) is 0 Å². The molecule has 0 spiro atoms. The van der Waals surface area contributed by atoms with Gasteiger partial charge in [0.25, 0.3) is 0 Å². The number of aromatic nitrogens is 2. The summed E-state index contributed by atoms with van der Waals surface area (Å²) in [5.74, 6) is 1.19. The Balaban J connectivity index is 1.86. The van der Waals surface area contributed by atoms with Crippen LogP contribution in [0.5, 0.6) is 0 Å². The second-order valence-corrected chi connectivity index (χ2v) is 4.37. The van der Waals surface area contributed by atoms with Gasteiger partial charge < -0.3 is 0 Å². The van der Waals surface area contributed by atoms with Gasteiger partial charge in [0.15, 0.2) is 6.29 Å². The van der Waals surface area contributed by atoms with Crippen LogP contribution in [0.2, 0.25) is 0 Å². The SMILES string of the molecule is O=Cc1cnc(C2Cc3ccccc3C2)nc1. The van der Waals surface area contributed by atoms with Crippen molar-refractivity contribution in [2.24, 2.45) is 0 Å². The van der Waals surface area contributed by atoms with Gasteiger partial charge in [-0.15, -0.1) is 0 Å². The van der Waals surface area contributed by atoms with Crippen LogP contribution in [-0.4, -0.2) is 16.3 Å². The number of nitrogens with zero attached hydrogens (tertiary/aromatic N) is 2. The lowest BCUT2D eigenvalue weighted by atomic mass is 10.1. The fraction of sp³-hybridized carbons (Fsp3) is 0.214. The van der Waals surface area contributed by atoms with E-state index in [0.717, 1.165) is 25.0 Å². The molecule has 1 heterocycles. The first-order valence-corrected chi connectivity index (χ1v) is 5.70. The van der Waals surface area contributed by atoms with Crippen molar-refractivity contribution in [3.8, 4) is 0 Å². The molecule has 1 aromatic carbocycles. The van der Waals surface area contributed by atoms with Gasteiger partial charge in [-0.2, -0.15) is 0 Å². The van der Waals surface area contributed by atoms with E-state index in [1.54, 1.807) is 12.4 Å². The smallest absolute Gasteiger partial charge is 0.153 e. The topological polar surface area (TPSA) is 42.9 Å². The summed E-state index contributed by atoms with van der Waals surface area (Å²) < 4.78 is 0. The van der Waals surface area contributed by atoms with Gasteiger partial charge in [-0.3, -0.25) is 4.79 Å². The van der Waals surface area contributed by atoms with Crippen molar-refractivity contribution >= 4 is 6.29 Å². The van der Waals surface area contributed by atoms with Crippen molar-refractivity contribution < 1.29 is 4.79 Å². The standard InChI is InChI=1S/C14H12N2O/c17-9-10-7-15-14(16-8-10)13-5-11-3-1-2-4-12(11)6-13/h1-4,7-9,13H,5-6H2. The van der Waals surface area contributed by atoms with Crippen molar-refractivity contribution in [1.82, 2.24) is 9.97 Å². The fourth-order valence-corrected chi connectivity index (χ4v) is 2.36. The molecule has 0 radical (unpaired) electrons. The van der Waals surface area contributed by atoms with Gasteiger partial charge in [-0.05, 0) is 24.0 Å². The zero-order valence-corrected chi connectivity index (χ0v) is 9.34. The maximum absolute atomic E-state index is 10.5. The minimum atomic E-state index is 0.355. The maximum Gasteiger partial charge on any atom is 0.153 e. The molecule has 0 amide bonds. The molecule has 1 aliphatic carbocycles. The molecule has 1 aliphatic rings. The Hall–Kier alpha value is -2.03. The highest BCUT2D eigenvalue weighted by Crippen LogP contribution is 2.31. The molecule has 0 atom stereocenters. The summed E-state index contributed by atoms with van der Waals surface area (Å²) in [7, 11) is 0. The van der Waals surface area contributed by atoms with Crippen molar-refractivity contribution in [2.75, 3.05) is 0 Å². The minimum absolute atomic E-state index is 0.355. The summed E-state index contributed by atoms with van der Waals surface area (Å²) in [4.78, 5) is 19.1. The molecule has 17 heavy (non-hydrogen) atoms. The molecule has 84 valence electrons. The van der Waals surface area contributed by atoms with E-state index in [2.05, 4.69) is 34.2 Å². The molecule has 0 N–H and O–H groups in total. The Labute approximate surface area is 99.5 Å². The van der Waals surface area contributed by atoms with Crippen LogP contribution in [0.25, 0.3) is 0 Å². The van der Waals surface area contributed by atoms with E-state index in [0.29, 0.717) is 11.5 Å². The summed E-state index contributed by atoms with van der Waals surface area (Å²) in [5, 5.41) is 0. The number of fused-ring (bicyclic) bond motifs is 1. The summed E-state index contributed by atoms with van der Waals surface area (Å²) in [5.41, 5.74) is 3.31. The van der Waals surface area contributed by atoms with Crippen LogP contribution in [-0.2, 0) is 12.8 Å². The van der Waals surface area contributed by atoms with Crippen molar-refractivity contribution in [3.05, 3.63) is 59.2 Å². The number of benzene rings is 1. The molecular formula is C14H12N2O. The molecule has 0 aliphatic heterocycles. The average Bonchev–Trinajstić information content (AvgIpc) is 2.82. The first-order valence-electron chi connectivity index (χ1n) is 5.70. The van der Waals surface area contributed by atoms with Crippen LogP contribution < -0.4 is 0 Å². The Kier molecular flexibility index (Phi) is 2.44. The molecular weight excluding hydrogens is 212 g/mol. The third kappa shape index (κ3) is 1.84. The second-order valence-electron chi connectivity index (χ2n) is 4.37. The molecule has 0 fully saturated rings. The van der Waals surface area contributed by atoms with Crippen molar-refractivity contribution in [2.45, 2.75) is 18.8 Å². The Morgan fingerprint density at radius 3 is 2.18 bits per heavy atom. The fourth-order valence-electron chi connectivity index (χ4n) is 2.36. The van der Waals surface area contributed by atoms with Crippen molar-refractivity contribution in [3.63, 3.8) is 0 Å². The summed E-state index contributed by atoms with van der Waals surface area (Å²) in [6, 6.07) is 8.46. The zero-order valence-electron chi connectivity index (χ0n) is 9.34. The van der Waals surface area contributed by atoms with E-state index in [1.165, 1.54) is 11.1 Å². The third-order valence-electron chi connectivity index (χ3n) is 3.24. The molecule has 0 bridgehead atoms. The van der Waals surface area contributed by atoms with E-state index in [1.807, 2.05) is 0 Å². The van der Waals surface area contributed by atoms with Crippen molar-refractivity contribution in [1.29, 1.82) is 0 Å². The Bertz CT molecular complexity index is 523. The molecule has 0 saturated carbocycles. The zero-order chi connectivity index (χ0) is 11.7. The minimum Gasteiger partial charge on any atom is -0.298 e. The lowest BCUT2D eigenvalue weighted by Crippen LogP contribution is -2.04. The maximum atomic E-state index is 10.5. The normalized spacial score (nSPS) is 14.6. The quantitative estimate of drug-likeness (QED) is 0.734. The molecule has 1 aromatic heterocycles. The molecule has 3 nitrogen and oxygen atoms in total. The largest absolute Gasteiger partial charge is 0.298 e. The predicted octanol–water partition coefficient (Wildman–Crippen LogP) is 2.17. The number of rotatable bonds is 2. The highest BCUT2D eigenvalue weighted by Gasteiger charge is 2.24. The number of aldehydes is 1. The van der Waals surface area contributed by atoms with Crippen LogP contribution in [0.1, 0.15) is 33.2 Å². The van der Waals surface area contributed by atoms with Crippen LogP contribution in [0.3, 0.4) is 0 Å². The molecule has 3 heteroatoms. The monoisotopic (exact) mass is 224 g/mol. The Morgan fingerprint density at radius 1 is 1.06 bits per heavy atom. The summed E-state index contributed by atoms with van der Waals surface area (Å²) in [6.07, 6.45) is 5.96. The molecule has 3 rings (SSSR count). The van der Waals surface area contributed by atoms with Gasteiger partial charge in [0.05, 0.1) is 5.56 Å². The second kappa shape index (κ2) is 4.09. The van der Waals surface area contributed by atoms with Gasteiger partial charge in [0, 0.05) is 18.3 Å². The predicted molar refractivity (Wildman–Crippen MR) is 64.0 cm³/mol. The van der Waals surface area contributed by atoms with Crippen LogP contribution in [0, 0.1) is 0 Å². The van der Waals surface area contributed by atoms with Crippen LogP contribution in [0.15, 0.2) is 36.7 Å². The van der Waals surface area contributed by atoms with E-state index in [4.69, 9.17) is 0 Å². The Morgan fingerprint density at radius 2 is 1.65 bits per heavy atom. The highest BCUT2D eigenvalue weighted by atomic mass is 16.1. The van der Waals surface area contributed by atoms with Gasteiger partial charge in [-0.1, -0.05) is 24.3 Å². The van der Waals surface area contributed by atoms with E-state index in [9.17, 15) is 4.79 Å². The summed E-state index contributed by atoms with van der Waals surface area (Å²) in [6.45, 7) is 0. The van der Waals surface area contributed by atoms with Gasteiger partial charge in [0.2, 0.25) is 0 Å². The first-order chi connectivity index (χ1) is 8.36. The van der Waals surface area contributed by atoms with E-state index in [-0.39, 0.29) is 0 Å². The lowest BCUT2D eigenvalue weighted by molar-refractivity contribution is 0.112. The number of carbonyl (C=O) groups excluding carboxylic acids is 1. The number of hydrogen-bond acceptors (Lipinski definition) is 3. The molecule has 2 aromatic rings. The van der Waals surface area contributed by atoms with Crippen LogP contribution >= 0.6 is 0 Å². The molecule has 0 saturated heterocycles. The number of carbonyl (C=O) groups is 1. The number of hydrogen-bond donors (Lipinski definition) is 0. The average molecular weight is 224 g/mol. The highest BCUT2D eigenvalue weighted by molar-refractivity contribution is 5.73. The summed E-state index contributed by atoms with van der Waals surface area (Å²) >= 11 is 0. The van der Waals surface area contributed by atoms with Gasteiger partial charge in [-0.25, -0.2) is 9.97 Å². The van der Waals surface area contributed by atoms with E-state index < -0.39 is 0 Å².